The first-order valence-corrected chi connectivity index (χ1v) is 6.94. The predicted octanol–water partition coefficient (Wildman–Crippen LogP) is 3.67. The highest BCUT2D eigenvalue weighted by Crippen LogP contribution is 2.31. The number of nitrogens with one attached hydrogen (secondary N) is 1. The van der Waals surface area contributed by atoms with E-state index in [1.54, 1.807) is 6.07 Å². The van der Waals surface area contributed by atoms with Crippen molar-refractivity contribution in [1.82, 2.24) is 10.2 Å². The van der Waals surface area contributed by atoms with Gasteiger partial charge < -0.3 is 5.32 Å². The standard InChI is InChI=1S/C14H19ClF2N2.ClH/c1-10-8-11(15)2-3-12(10)13(9-14(16)17)19-6-4-18-5-7-19;/h2-3,8,13-14,18H,4-7,9H2,1H3;1H/t13-;/m0./s1. The van der Waals surface area contributed by atoms with E-state index in [2.05, 4.69) is 10.2 Å². The van der Waals surface area contributed by atoms with Crippen LogP contribution in [0.2, 0.25) is 5.02 Å². The third-order valence-electron chi connectivity index (χ3n) is 3.58. The second kappa shape index (κ2) is 8.13. The van der Waals surface area contributed by atoms with Crippen LogP contribution in [-0.4, -0.2) is 37.5 Å². The van der Waals surface area contributed by atoms with Gasteiger partial charge >= 0.3 is 0 Å². The van der Waals surface area contributed by atoms with Gasteiger partial charge in [-0.25, -0.2) is 8.78 Å². The number of piperazine rings is 1. The number of nitrogens with zero attached hydrogens (tertiary/aromatic N) is 1. The van der Waals surface area contributed by atoms with Crippen LogP contribution < -0.4 is 5.32 Å². The van der Waals surface area contributed by atoms with Crippen LogP contribution in [0.15, 0.2) is 18.2 Å². The lowest BCUT2D eigenvalue weighted by Gasteiger charge is -2.35. The van der Waals surface area contributed by atoms with Crippen molar-refractivity contribution < 1.29 is 8.78 Å². The van der Waals surface area contributed by atoms with E-state index in [1.807, 2.05) is 19.1 Å². The first-order valence-electron chi connectivity index (χ1n) is 6.57. The molecule has 0 saturated carbocycles. The van der Waals surface area contributed by atoms with Crippen molar-refractivity contribution in [2.45, 2.75) is 25.8 Å². The Morgan fingerprint density at radius 3 is 2.50 bits per heavy atom. The van der Waals surface area contributed by atoms with Crippen molar-refractivity contribution >= 4 is 24.0 Å². The van der Waals surface area contributed by atoms with Crippen molar-refractivity contribution in [3.63, 3.8) is 0 Å². The monoisotopic (exact) mass is 324 g/mol. The lowest BCUT2D eigenvalue weighted by atomic mass is 9.97. The molecule has 2 rings (SSSR count). The summed E-state index contributed by atoms with van der Waals surface area (Å²) in [6.07, 6.45) is -2.42. The molecule has 1 saturated heterocycles. The molecule has 0 radical (unpaired) electrons. The highest BCUT2D eigenvalue weighted by Gasteiger charge is 2.26. The number of hydrogen-bond donors (Lipinski definition) is 1. The number of aryl methyl sites for hydroxylation is 1. The zero-order valence-electron chi connectivity index (χ0n) is 11.4. The molecule has 1 fully saturated rings. The van der Waals surface area contributed by atoms with E-state index in [-0.39, 0.29) is 24.9 Å². The Balaban J connectivity index is 0.00000200. The maximum Gasteiger partial charge on any atom is 0.240 e. The molecule has 0 unspecified atom stereocenters. The number of rotatable bonds is 4. The van der Waals surface area contributed by atoms with Gasteiger partial charge in [-0.05, 0) is 30.2 Å². The molecule has 2 nitrogen and oxygen atoms in total. The lowest BCUT2D eigenvalue weighted by Crippen LogP contribution is -2.45. The average molecular weight is 325 g/mol. The van der Waals surface area contributed by atoms with Crippen molar-refractivity contribution in [2.24, 2.45) is 0 Å². The summed E-state index contributed by atoms with van der Waals surface area (Å²) < 4.78 is 25.7. The molecule has 0 spiro atoms. The van der Waals surface area contributed by atoms with Crippen molar-refractivity contribution in [2.75, 3.05) is 26.2 Å². The summed E-state index contributed by atoms with van der Waals surface area (Å²) in [5.74, 6) is 0. The number of hydrogen-bond acceptors (Lipinski definition) is 2. The smallest absolute Gasteiger partial charge is 0.240 e. The quantitative estimate of drug-likeness (QED) is 0.909. The van der Waals surface area contributed by atoms with Gasteiger partial charge in [-0.3, -0.25) is 4.90 Å². The highest BCUT2D eigenvalue weighted by atomic mass is 35.5. The summed E-state index contributed by atoms with van der Waals surface area (Å²) in [5, 5.41) is 3.90. The van der Waals surface area contributed by atoms with Gasteiger partial charge in [0, 0.05) is 43.7 Å². The van der Waals surface area contributed by atoms with Gasteiger partial charge in [0.15, 0.2) is 0 Å². The van der Waals surface area contributed by atoms with Crippen LogP contribution in [0.4, 0.5) is 8.78 Å². The minimum absolute atomic E-state index is 0. The van der Waals surface area contributed by atoms with Crippen LogP contribution in [-0.2, 0) is 0 Å². The summed E-state index contributed by atoms with van der Waals surface area (Å²) in [6, 6.07) is 5.29. The van der Waals surface area contributed by atoms with Gasteiger partial charge in [0.25, 0.3) is 0 Å². The molecule has 1 aliphatic rings. The van der Waals surface area contributed by atoms with Gasteiger partial charge in [-0.2, -0.15) is 0 Å². The van der Waals surface area contributed by atoms with E-state index < -0.39 is 6.43 Å². The van der Waals surface area contributed by atoms with Crippen molar-refractivity contribution in [3.05, 3.63) is 34.3 Å². The maximum absolute atomic E-state index is 12.9. The third-order valence-corrected chi connectivity index (χ3v) is 3.82. The Morgan fingerprint density at radius 2 is 1.95 bits per heavy atom. The minimum Gasteiger partial charge on any atom is -0.314 e. The first kappa shape index (κ1) is 17.6. The Kier molecular flexibility index (Phi) is 7.17. The Hall–Kier alpha value is -0.420. The van der Waals surface area contributed by atoms with Crippen LogP contribution in [0.1, 0.15) is 23.6 Å². The molecule has 1 aromatic carbocycles. The molecule has 114 valence electrons. The molecule has 6 heteroatoms. The number of benzene rings is 1. The molecule has 1 atom stereocenters. The summed E-state index contributed by atoms with van der Waals surface area (Å²) in [6.45, 7) is 5.25. The molecule has 1 aliphatic heterocycles. The fraction of sp³-hybridized carbons (Fsp3) is 0.571. The van der Waals surface area contributed by atoms with Crippen LogP contribution in [0.25, 0.3) is 0 Å². The molecule has 1 heterocycles. The molecule has 0 amide bonds. The van der Waals surface area contributed by atoms with Gasteiger partial charge in [0.2, 0.25) is 6.43 Å². The maximum atomic E-state index is 12.9. The van der Waals surface area contributed by atoms with E-state index in [0.717, 1.165) is 37.3 Å². The fourth-order valence-corrected chi connectivity index (χ4v) is 2.87. The van der Waals surface area contributed by atoms with E-state index in [1.165, 1.54) is 0 Å². The molecule has 1 aromatic rings. The van der Waals surface area contributed by atoms with E-state index >= 15 is 0 Å². The van der Waals surface area contributed by atoms with Crippen LogP contribution in [0, 0.1) is 6.92 Å². The Labute approximate surface area is 129 Å². The van der Waals surface area contributed by atoms with Crippen LogP contribution in [0.5, 0.6) is 0 Å². The van der Waals surface area contributed by atoms with Gasteiger partial charge in [0.1, 0.15) is 0 Å². The summed E-state index contributed by atoms with van der Waals surface area (Å²) in [5.41, 5.74) is 1.95. The number of alkyl halides is 2. The summed E-state index contributed by atoms with van der Waals surface area (Å²) >= 11 is 5.94. The Morgan fingerprint density at radius 1 is 1.30 bits per heavy atom. The minimum atomic E-state index is -2.30. The molecule has 0 aromatic heterocycles. The second-order valence-electron chi connectivity index (χ2n) is 4.93. The molecular weight excluding hydrogens is 305 g/mol. The lowest BCUT2D eigenvalue weighted by molar-refractivity contribution is 0.0737. The topological polar surface area (TPSA) is 15.3 Å². The average Bonchev–Trinajstić information content (AvgIpc) is 2.37. The number of halogens is 4. The van der Waals surface area contributed by atoms with Gasteiger partial charge in [0.05, 0.1) is 0 Å². The largest absolute Gasteiger partial charge is 0.314 e. The van der Waals surface area contributed by atoms with E-state index in [9.17, 15) is 8.78 Å². The van der Waals surface area contributed by atoms with Gasteiger partial charge in [-0.1, -0.05) is 17.7 Å². The molecule has 0 bridgehead atoms. The summed E-state index contributed by atoms with van der Waals surface area (Å²) in [4.78, 5) is 2.14. The normalized spacial score (nSPS) is 17.9. The van der Waals surface area contributed by atoms with Crippen LogP contribution in [0.3, 0.4) is 0 Å². The second-order valence-corrected chi connectivity index (χ2v) is 5.37. The zero-order valence-corrected chi connectivity index (χ0v) is 13.0. The van der Waals surface area contributed by atoms with Crippen molar-refractivity contribution in [1.29, 1.82) is 0 Å². The zero-order chi connectivity index (χ0) is 13.8. The van der Waals surface area contributed by atoms with Crippen molar-refractivity contribution in [3.8, 4) is 0 Å². The van der Waals surface area contributed by atoms with Crippen LogP contribution >= 0.6 is 24.0 Å². The van der Waals surface area contributed by atoms with Gasteiger partial charge in [-0.15, -0.1) is 12.4 Å². The molecule has 1 N–H and O–H groups in total. The third kappa shape index (κ3) is 4.55. The SMILES string of the molecule is Cc1cc(Cl)ccc1[C@H](CC(F)F)N1CCNCC1.Cl. The van der Waals surface area contributed by atoms with E-state index in [0.29, 0.717) is 5.02 Å². The molecule has 20 heavy (non-hydrogen) atoms. The highest BCUT2D eigenvalue weighted by molar-refractivity contribution is 6.30. The molecular formula is C14H20Cl2F2N2. The molecule has 0 aliphatic carbocycles. The summed E-state index contributed by atoms with van der Waals surface area (Å²) in [7, 11) is 0. The fourth-order valence-electron chi connectivity index (χ4n) is 2.65. The van der Waals surface area contributed by atoms with E-state index in [4.69, 9.17) is 11.6 Å². The first-order chi connectivity index (χ1) is 9.08. The predicted molar refractivity (Wildman–Crippen MR) is 81.2 cm³/mol. The Bertz CT molecular complexity index is 424.